The number of aliphatic hydroxyl groups is 8. The van der Waals surface area contributed by atoms with E-state index >= 15 is 0 Å². The number of amides is 1. The smallest absolute Gasteiger partial charge is 0.220 e. The average molecular weight is 876 g/mol. The lowest BCUT2D eigenvalue weighted by Gasteiger charge is -2.46. The molecule has 0 bridgehead atoms. The molecule has 14 nitrogen and oxygen atoms in total. The van der Waals surface area contributed by atoms with Crippen LogP contribution < -0.4 is 5.32 Å². The van der Waals surface area contributed by atoms with Crippen LogP contribution in [0.25, 0.3) is 0 Å². The first-order chi connectivity index (χ1) is 29.6. The molecule has 0 aromatic carbocycles. The fraction of sp³-hybridized carbons (Fsp3) is 0.936. The van der Waals surface area contributed by atoms with E-state index in [1.54, 1.807) is 6.08 Å². The van der Waals surface area contributed by atoms with Crippen molar-refractivity contribution in [2.24, 2.45) is 0 Å². The molecule has 12 unspecified atom stereocenters. The Morgan fingerprint density at radius 2 is 1.02 bits per heavy atom. The van der Waals surface area contributed by atoms with Crippen LogP contribution in [0, 0.1) is 0 Å². The second-order valence-electron chi connectivity index (χ2n) is 17.6. The maximum atomic E-state index is 13.1. The van der Waals surface area contributed by atoms with Gasteiger partial charge in [-0.25, -0.2) is 0 Å². The number of nitrogens with one attached hydrogen (secondary N) is 1. The zero-order chi connectivity index (χ0) is 44.7. The van der Waals surface area contributed by atoms with Gasteiger partial charge in [-0.3, -0.25) is 4.79 Å². The number of aliphatic hydroxyl groups excluding tert-OH is 8. The number of carbonyl (C=O) groups excluding carboxylic acids is 1. The molecule has 61 heavy (non-hydrogen) atoms. The van der Waals surface area contributed by atoms with E-state index in [1.165, 1.54) is 122 Å². The first-order valence-corrected chi connectivity index (χ1v) is 24.4. The molecule has 2 aliphatic rings. The number of hydrogen-bond donors (Lipinski definition) is 9. The molecular weight excluding hydrogens is 787 g/mol. The maximum Gasteiger partial charge on any atom is 0.220 e. The van der Waals surface area contributed by atoms with Crippen LogP contribution in [0.1, 0.15) is 187 Å². The van der Waals surface area contributed by atoms with E-state index in [-0.39, 0.29) is 18.9 Å². The van der Waals surface area contributed by atoms with Crippen molar-refractivity contribution in [3.8, 4) is 0 Å². The second kappa shape index (κ2) is 35.0. The molecule has 360 valence electrons. The summed E-state index contributed by atoms with van der Waals surface area (Å²) in [5, 5.41) is 86.5. The van der Waals surface area contributed by atoms with E-state index in [2.05, 4.69) is 19.2 Å². The van der Waals surface area contributed by atoms with Crippen molar-refractivity contribution < 1.29 is 64.6 Å². The summed E-state index contributed by atoms with van der Waals surface area (Å²) in [4.78, 5) is 13.1. The maximum absolute atomic E-state index is 13.1. The van der Waals surface area contributed by atoms with Gasteiger partial charge in [0, 0.05) is 6.42 Å². The minimum absolute atomic E-state index is 0.239. The summed E-state index contributed by atoms with van der Waals surface area (Å²) in [6.45, 7) is 2.76. The van der Waals surface area contributed by atoms with Gasteiger partial charge in [-0.2, -0.15) is 0 Å². The molecular formula is C47H89NO13. The van der Waals surface area contributed by atoms with Gasteiger partial charge >= 0.3 is 0 Å². The van der Waals surface area contributed by atoms with Gasteiger partial charge in [-0.05, 0) is 19.3 Å². The Balaban J connectivity index is 1.84. The van der Waals surface area contributed by atoms with Gasteiger partial charge in [0.2, 0.25) is 5.91 Å². The normalized spacial score (nSPS) is 28.0. The Hall–Kier alpha value is -1.27. The molecule has 0 radical (unpaired) electrons. The quantitative estimate of drug-likeness (QED) is 0.0274. The minimum atomic E-state index is -1.78. The van der Waals surface area contributed by atoms with Crippen LogP contribution in [-0.4, -0.2) is 140 Å². The Bertz CT molecular complexity index is 1080. The summed E-state index contributed by atoms with van der Waals surface area (Å²) < 4.78 is 22.6. The number of unbranched alkanes of at least 4 members (excludes halogenated alkanes) is 24. The Morgan fingerprint density at radius 1 is 0.574 bits per heavy atom. The van der Waals surface area contributed by atoms with Crippen LogP contribution in [0.3, 0.4) is 0 Å². The number of allylic oxidation sites excluding steroid dienone is 1. The van der Waals surface area contributed by atoms with E-state index in [0.29, 0.717) is 6.42 Å². The fourth-order valence-corrected chi connectivity index (χ4v) is 8.17. The lowest BCUT2D eigenvalue weighted by Crippen LogP contribution is -2.65. The first-order valence-electron chi connectivity index (χ1n) is 24.4. The average Bonchev–Trinajstić information content (AvgIpc) is 3.26. The van der Waals surface area contributed by atoms with E-state index < -0.39 is 86.8 Å². The SMILES string of the molecule is CCCCCCCCCC/C=C/C(O)C(COC1OC(CO)C(OC2OC(CO)C(O)C(O)C2O)C(O)C1O)NC(=O)CCCCCCCCCCCCCCCCCCC. The zero-order valence-electron chi connectivity index (χ0n) is 37.9. The molecule has 1 amide bonds. The predicted molar refractivity (Wildman–Crippen MR) is 235 cm³/mol. The van der Waals surface area contributed by atoms with Gasteiger partial charge in [0.25, 0.3) is 0 Å². The highest BCUT2D eigenvalue weighted by Crippen LogP contribution is 2.30. The fourth-order valence-electron chi connectivity index (χ4n) is 8.17. The Labute approximate surface area is 367 Å². The van der Waals surface area contributed by atoms with Crippen molar-refractivity contribution in [2.75, 3.05) is 19.8 Å². The summed E-state index contributed by atoms with van der Waals surface area (Å²) in [5.74, 6) is -0.239. The molecule has 0 spiro atoms. The van der Waals surface area contributed by atoms with Crippen LogP contribution in [-0.2, 0) is 23.7 Å². The summed E-state index contributed by atoms with van der Waals surface area (Å²) in [5.41, 5.74) is 0. The van der Waals surface area contributed by atoms with Gasteiger partial charge < -0.3 is 65.1 Å². The van der Waals surface area contributed by atoms with Gasteiger partial charge in [-0.1, -0.05) is 174 Å². The topological polar surface area (TPSA) is 228 Å². The molecule has 9 N–H and O–H groups in total. The van der Waals surface area contributed by atoms with Gasteiger partial charge in [0.05, 0.1) is 32.0 Å². The highest BCUT2D eigenvalue weighted by atomic mass is 16.7. The molecule has 0 aromatic rings. The van der Waals surface area contributed by atoms with E-state index in [1.807, 2.05) is 6.08 Å². The molecule has 0 aliphatic carbocycles. The minimum Gasteiger partial charge on any atom is -0.394 e. The molecule has 12 atom stereocenters. The van der Waals surface area contributed by atoms with Crippen molar-refractivity contribution >= 4 is 5.91 Å². The Kier molecular flexibility index (Phi) is 32.1. The summed E-state index contributed by atoms with van der Waals surface area (Å²) in [6, 6.07) is -0.906. The van der Waals surface area contributed by atoms with E-state index in [4.69, 9.17) is 18.9 Å². The molecule has 0 saturated carbocycles. The van der Waals surface area contributed by atoms with Crippen LogP contribution in [0.5, 0.6) is 0 Å². The van der Waals surface area contributed by atoms with Crippen LogP contribution in [0.2, 0.25) is 0 Å². The highest BCUT2D eigenvalue weighted by Gasteiger charge is 2.51. The monoisotopic (exact) mass is 876 g/mol. The summed E-state index contributed by atoms with van der Waals surface area (Å²) in [6.07, 6.45) is 18.3. The second-order valence-corrected chi connectivity index (χ2v) is 17.6. The van der Waals surface area contributed by atoms with Crippen LogP contribution in [0.15, 0.2) is 12.2 Å². The number of rotatable bonds is 37. The molecule has 2 heterocycles. The van der Waals surface area contributed by atoms with Gasteiger partial charge in [0.1, 0.15) is 48.8 Å². The molecule has 2 fully saturated rings. The highest BCUT2D eigenvalue weighted by molar-refractivity contribution is 5.76. The predicted octanol–water partition coefficient (Wildman–Crippen LogP) is 5.60. The van der Waals surface area contributed by atoms with Gasteiger partial charge in [-0.15, -0.1) is 0 Å². The summed E-state index contributed by atoms with van der Waals surface area (Å²) in [7, 11) is 0. The van der Waals surface area contributed by atoms with Crippen LogP contribution >= 0.6 is 0 Å². The van der Waals surface area contributed by atoms with Crippen molar-refractivity contribution in [1.82, 2.24) is 5.32 Å². The first kappa shape index (κ1) is 55.9. The number of hydrogen-bond acceptors (Lipinski definition) is 13. The standard InChI is InChI=1S/C47H89NO13/c1-3-5-7-9-11-13-15-16-17-18-19-20-21-23-25-27-29-31-39(52)48-35(36(51)30-28-26-24-22-14-12-10-8-6-4-2)34-58-46-44(57)42(55)45(38(33-50)60-46)61-47-43(56)41(54)40(53)37(32-49)59-47/h28,30,35-38,40-47,49-51,53-57H,3-27,29,31-34H2,1-2H3,(H,48,52)/b30-28+. The lowest BCUT2D eigenvalue weighted by atomic mass is 9.97. The van der Waals surface area contributed by atoms with Crippen molar-refractivity contribution in [3.05, 3.63) is 12.2 Å². The molecule has 2 aliphatic heterocycles. The largest absolute Gasteiger partial charge is 0.394 e. The Morgan fingerprint density at radius 3 is 1.51 bits per heavy atom. The van der Waals surface area contributed by atoms with Crippen molar-refractivity contribution in [3.63, 3.8) is 0 Å². The lowest BCUT2D eigenvalue weighted by molar-refractivity contribution is -0.359. The zero-order valence-corrected chi connectivity index (χ0v) is 37.9. The third-order valence-corrected chi connectivity index (χ3v) is 12.2. The molecule has 2 saturated heterocycles. The molecule has 14 heteroatoms. The number of carbonyl (C=O) groups is 1. The molecule has 0 aromatic heterocycles. The third-order valence-electron chi connectivity index (χ3n) is 12.2. The third kappa shape index (κ3) is 23.0. The van der Waals surface area contributed by atoms with Crippen molar-refractivity contribution in [1.29, 1.82) is 0 Å². The number of ether oxygens (including phenoxy) is 4. The molecule has 2 rings (SSSR count). The van der Waals surface area contributed by atoms with Crippen LogP contribution in [0.4, 0.5) is 0 Å². The van der Waals surface area contributed by atoms with Gasteiger partial charge in [0.15, 0.2) is 12.6 Å². The summed E-state index contributed by atoms with van der Waals surface area (Å²) >= 11 is 0. The van der Waals surface area contributed by atoms with E-state index in [0.717, 1.165) is 38.5 Å². The van der Waals surface area contributed by atoms with E-state index in [9.17, 15) is 45.6 Å². The van der Waals surface area contributed by atoms with Crippen molar-refractivity contribution in [2.45, 2.75) is 261 Å².